The first-order valence-electron chi connectivity index (χ1n) is 13.9. The maximum Gasteiger partial charge on any atom is 0.433 e. The molecule has 3 heterocycles. The van der Waals surface area contributed by atoms with Crippen molar-refractivity contribution in [2.75, 3.05) is 44.2 Å². The van der Waals surface area contributed by atoms with Crippen LogP contribution >= 0.6 is 0 Å². The highest BCUT2D eigenvalue weighted by Crippen LogP contribution is 2.30. The minimum atomic E-state index is -4.50. The minimum absolute atomic E-state index is 0.117. The van der Waals surface area contributed by atoms with Gasteiger partial charge in [-0.15, -0.1) is 0 Å². The first kappa shape index (κ1) is 28.6. The van der Waals surface area contributed by atoms with Crippen LogP contribution in [-0.2, 0) is 12.7 Å². The minimum Gasteiger partial charge on any atom is -0.352 e. The molecule has 38 heavy (non-hydrogen) atoms. The Morgan fingerprint density at radius 1 is 0.947 bits per heavy atom. The lowest BCUT2D eigenvalue weighted by Gasteiger charge is -2.40. The zero-order valence-corrected chi connectivity index (χ0v) is 23.1. The van der Waals surface area contributed by atoms with Gasteiger partial charge in [-0.25, -0.2) is 9.97 Å². The summed E-state index contributed by atoms with van der Waals surface area (Å²) >= 11 is 0. The van der Waals surface area contributed by atoms with Crippen molar-refractivity contribution < 1.29 is 13.2 Å². The lowest BCUT2D eigenvalue weighted by Crippen LogP contribution is -2.46. The summed E-state index contributed by atoms with van der Waals surface area (Å²) in [6.07, 6.45) is 7.54. The van der Waals surface area contributed by atoms with E-state index in [2.05, 4.69) is 64.8 Å². The van der Waals surface area contributed by atoms with E-state index in [1.807, 2.05) is 17.0 Å². The largest absolute Gasteiger partial charge is 0.433 e. The summed E-state index contributed by atoms with van der Waals surface area (Å²) in [6, 6.07) is 10.0. The van der Waals surface area contributed by atoms with Gasteiger partial charge in [0.2, 0.25) is 0 Å². The Bertz CT molecular complexity index is 1030. The highest BCUT2D eigenvalue weighted by atomic mass is 19.4. The molecule has 2 aliphatic rings. The third-order valence-corrected chi connectivity index (χ3v) is 7.42. The van der Waals surface area contributed by atoms with Gasteiger partial charge in [0.1, 0.15) is 17.8 Å². The molecule has 2 aliphatic heterocycles. The molecule has 5 nitrogen and oxygen atoms in total. The second-order valence-electron chi connectivity index (χ2n) is 11.9. The first-order chi connectivity index (χ1) is 18.1. The van der Waals surface area contributed by atoms with E-state index in [0.717, 1.165) is 49.2 Å². The molecule has 0 unspecified atom stereocenters. The zero-order chi connectivity index (χ0) is 27.2. The molecule has 2 aromatic rings. The van der Waals surface area contributed by atoms with E-state index in [4.69, 9.17) is 0 Å². The lowest BCUT2D eigenvalue weighted by molar-refractivity contribution is -0.141. The average Bonchev–Trinajstić information content (AvgIpc) is 2.89. The molecule has 208 valence electrons. The smallest absolute Gasteiger partial charge is 0.352 e. The van der Waals surface area contributed by atoms with Crippen molar-refractivity contribution in [3.05, 3.63) is 59.6 Å². The van der Waals surface area contributed by atoms with Crippen LogP contribution in [0, 0.1) is 5.41 Å². The van der Waals surface area contributed by atoms with Crippen molar-refractivity contribution in [1.82, 2.24) is 19.8 Å². The SMILES string of the molecule is CC(C)(C)CN(Cc1ccc(/C=C/CN2CCC(N3CCCCC3)CC2)cc1)c1cc(C(F)(F)F)ncn1. The Hall–Kier alpha value is -2.45. The van der Waals surface area contributed by atoms with Crippen molar-refractivity contribution in [3.8, 4) is 0 Å². The molecule has 0 radical (unpaired) electrons. The molecular weight excluding hydrogens is 487 g/mol. The molecule has 4 rings (SSSR count). The van der Waals surface area contributed by atoms with Crippen LogP contribution in [0.15, 0.2) is 42.7 Å². The molecule has 2 fully saturated rings. The highest BCUT2D eigenvalue weighted by Gasteiger charge is 2.33. The van der Waals surface area contributed by atoms with Crippen molar-refractivity contribution in [3.63, 3.8) is 0 Å². The van der Waals surface area contributed by atoms with Crippen molar-refractivity contribution >= 4 is 11.9 Å². The number of nitrogens with zero attached hydrogens (tertiary/aromatic N) is 5. The van der Waals surface area contributed by atoms with Crippen molar-refractivity contribution in [1.29, 1.82) is 0 Å². The van der Waals surface area contributed by atoms with Gasteiger partial charge in [-0.05, 0) is 68.4 Å². The summed E-state index contributed by atoms with van der Waals surface area (Å²) in [6.45, 7) is 13.1. The quantitative estimate of drug-likeness (QED) is 0.390. The van der Waals surface area contributed by atoms with Gasteiger partial charge in [-0.2, -0.15) is 13.2 Å². The number of rotatable bonds is 8. The third kappa shape index (κ3) is 8.53. The predicted octanol–water partition coefficient (Wildman–Crippen LogP) is 6.51. The van der Waals surface area contributed by atoms with Crippen LogP contribution in [0.1, 0.15) is 69.7 Å². The van der Waals surface area contributed by atoms with Gasteiger partial charge in [-0.3, -0.25) is 4.90 Å². The molecule has 8 heteroatoms. The van der Waals surface area contributed by atoms with Crippen LogP contribution in [0.4, 0.5) is 19.0 Å². The van der Waals surface area contributed by atoms with Gasteiger partial charge in [0, 0.05) is 31.7 Å². The third-order valence-electron chi connectivity index (χ3n) is 7.42. The average molecular weight is 530 g/mol. The van der Waals surface area contributed by atoms with E-state index in [1.54, 1.807) is 0 Å². The normalized spacial score (nSPS) is 18.8. The molecule has 2 saturated heterocycles. The van der Waals surface area contributed by atoms with E-state index < -0.39 is 11.9 Å². The predicted molar refractivity (Wildman–Crippen MR) is 148 cm³/mol. The molecular formula is C30H42F3N5. The molecule has 0 N–H and O–H groups in total. The Kier molecular flexibility index (Phi) is 9.47. The number of anilines is 1. The van der Waals surface area contributed by atoms with Crippen LogP contribution in [-0.4, -0.2) is 65.1 Å². The summed E-state index contributed by atoms with van der Waals surface area (Å²) in [7, 11) is 0. The van der Waals surface area contributed by atoms with Gasteiger partial charge >= 0.3 is 6.18 Å². The fourth-order valence-corrected chi connectivity index (χ4v) is 5.51. The molecule has 1 aromatic carbocycles. The number of benzene rings is 1. The summed E-state index contributed by atoms with van der Waals surface area (Å²) in [5, 5.41) is 0. The Morgan fingerprint density at radius 3 is 2.26 bits per heavy atom. The van der Waals surface area contributed by atoms with Crippen molar-refractivity contribution in [2.45, 2.75) is 71.6 Å². The number of piperidine rings is 2. The topological polar surface area (TPSA) is 35.5 Å². The Balaban J connectivity index is 1.32. The second kappa shape index (κ2) is 12.6. The molecule has 0 aliphatic carbocycles. The summed E-state index contributed by atoms with van der Waals surface area (Å²) < 4.78 is 39.7. The number of hydrogen-bond donors (Lipinski definition) is 0. The summed E-state index contributed by atoms with van der Waals surface area (Å²) in [4.78, 5) is 14.7. The van der Waals surface area contributed by atoms with E-state index >= 15 is 0 Å². The van der Waals surface area contributed by atoms with Crippen LogP contribution in [0.25, 0.3) is 6.08 Å². The first-order valence-corrected chi connectivity index (χ1v) is 13.9. The standard InChI is InChI=1S/C30H42F3N5/c1-29(2,3)22-38(28-20-27(30(31,32)33)34-23-35-28)21-25-11-9-24(10-12-25)8-7-15-36-18-13-26(14-19-36)37-16-5-4-6-17-37/h7-12,20,23,26H,4-6,13-19,21-22H2,1-3H3/b8-7+. The molecule has 0 atom stereocenters. The molecule has 0 spiro atoms. The number of hydrogen-bond acceptors (Lipinski definition) is 5. The maximum atomic E-state index is 13.2. The van der Waals surface area contributed by atoms with Crippen LogP contribution in [0.3, 0.4) is 0 Å². The molecule has 1 aromatic heterocycles. The monoisotopic (exact) mass is 529 g/mol. The fourth-order valence-electron chi connectivity index (χ4n) is 5.51. The molecule has 0 saturated carbocycles. The number of alkyl halides is 3. The van der Waals surface area contributed by atoms with Crippen LogP contribution < -0.4 is 4.90 Å². The van der Waals surface area contributed by atoms with Gasteiger partial charge in [0.05, 0.1) is 0 Å². The summed E-state index contributed by atoms with van der Waals surface area (Å²) in [5.74, 6) is 0.287. The highest BCUT2D eigenvalue weighted by molar-refractivity contribution is 5.50. The number of aromatic nitrogens is 2. The Labute approximate surface area is 225 Å². The van der Waals surface area contributed by atoms with Gasteiger partial charge in [0.25, 0.3) is 0 Å². The molecule has 0 amide bonds. The Morgan fingerprint density at radius 2 is 1.63 bits per heavy atom. The zero-order valence-electron chi connectivity index (χ0n) is 23.1. The van der Waals surface area contributed by atoms with E-state index in [9.17, 15) is 13.2 Å². The summed E-state index contributed by atoms with van der Waals surface area (Å²) in [5.41, 5.74) is 1.12. The number of likely N-dealkylation sites (tertiary alicyclic amines) is 2. The molecule has 0 bridgehead atoms. The van der Waals surface area contributed by atoms with E-state index in [1.165, 1.54) is 45.2 Å². The van der Waals surface area contributed by atoms with Gasteiger partial charge < -0.3 is 9.80 Å². The van der Waals surface area contributed by atoms with E-state index in [-0.39, 0.29) is 11.2 Å². The lowest BCUT2D eigenvalue weighted by atomic mass is 9.95. The van der Waals surface area contributed by atoms with Crippen LogP contribution in [0.5, 0.6) is 0 Å². The number of halogens is 3. The van der Waals surface area contributed by atoms with Gasteiger partial charge in [-0.1, -0.05) is 63.6 Å². The maximum absolute atomic E-state index is 13.2. The van der Waals surface area contributed by atoms with Crippen molar-refractivity contribution in [2.24, 2.45) is 5.41 Å². The van der Waals surface area contributed by atoms with Gasteiger partial charge in [0.15, 0.2) is 0 Å². The van der Waals surface area contributed by atoms with E-state index in [0.29, 0.717) is 13.1 Å². The van der Waals surface area contributed by atoms with Crippen LogP contribution in [0.2, 0.25) is 0 Å². The second-order valence-corrected chi connectivity index (χ2v) is 11.9. The fraction of sp³-hybridized carbons (Fsp3) is 0.600.